The van der Waals surface area contributed by atoms with E-state index in [0.717, 1.165) is 0 Å². The van der Waals surface area contributed by atoms with Gasteiger partial charge in [-0.15, -0.1) is 0 Å². The van der Waals surface area contributed by atoms with Gasteiger partial charge in [0, 0.05) is 36.1 Å². The quantitative estimate of drug-likeness (QED) is 0.258. The van der Waals surface area contributed by atoms with Gasteiger partial charge in [0.15, 0.2) is 11.4 Å². The average molecular weight is 604 g/mol. The molecule has 2 aromatic carbocycles. The molecule has 0 radical (unpaired) electrons. The van der Waals surface area contributed by atoms with Crippen LogP contribution >= 0.6 is 0 Å². The molecule has 44 heavy (non-hydrogen) atoms. The fraction of sp³-hybridized carbons (Fsp3) is 0.394. The molecule has 0 aliphatic heterocycles. The van der Waals surface area contributed by atoms with Gasteiger partial charge < -0.3 is 36.4 Å². The van der Waals surface area contributed by atoms with Crippen molar-refractivity contribution in [2.24, 2.45) is 29.4 Å². The number of rotatable bonds is 7. The predicted octanol–water partition coefficient (Wildman–Crippen LogP) is 2.26. The minimum atomic E-state index is -2.65. The van der Waals surface area contributed by atoms with Crippen LogP contribution in [0.3, 0.4) is 0 Å². The van der Waals surface area contributed by atoms with E-state index in [9.17, 15) is 39.6 Å². The summed E-state index contributed by atoms with van der Waals surface area (Å²) in [6.07, 6.45) is 0.211. The second-order valence-electron chi connectivity index (χ2n) is 12.4. The van der Waals surface area contributed by atoms with E-state index in [1.165, 1.54) is 6.07 Å². The van der Waals surface area contributed by atoms with E-state index >= 15 is 0 Å². The molecular formula is C33H37N3O8. The van der Waals surface area contributed by atoms with Crippen molar-refractivity contribution in [2.75, 3.05) is 27.2 Å². The van der Waals surface area contributed by atoms with Gasteiger partial charge in [-0.1, -0.05) is 32.0 Å². The normalized spacial score (nSPS) is 24.8. The fourth-order valence-electron chi connectivity index (χ4n) is 7.05. The molecule has 3 aliphatic rings. The van der Waals surface area contributed by atoms with Gasteiger partial charge in [-0.2, -0.15) is 0 Å². The fourth-order valence-corrected chi connectivity index (χ4v) is 7.05. The summed E-state index contributed by atoms with van der Waals surface area (Å²) in [6.45, 7) is 4.62. The van der Waals surface area contributed by atoms with Crippen LogP contribution in [0.2, 0.25) is 0 Å². The van der Waals surface area contributed by atoms with Crippen molar-refractivity contribution in [3.05, 3.63) is 70.0 Å². The standard InChI is InChI=1S/C33H37N3O8/c1-15(2)23-21-14-18-13-20-19(16-5-7-17(8-6-16)32(43)35-11-12-36(3)4)9-10-22(37)25(20)28(39)24(18)29(40)33(21,44)30(41)26(27(23)38)31(34)42/h5-10,15,18,21,23,37,39,41,44H,11-14H2,1-4H3,(H2,34,42)(H,35,43)/t18-,21-,23-,33-/m0/s1. The number of nitrogens with two attached hydrogens (primary N) is 1. The van der Waals surface area contributed by atoms with E-state index in [1.807, 2.05) is 19.0 Å². The lowest BCUT2D eigenvalue weighted by Gasteiger charge is -2.50. The van der Waals surface area contributed by atoms with Gasteiger partial charge in [-0.3, -0.25) is 19.2 Å². The van der Waals surface area contributed by atoms with Gasteiger partial charge in [0.2, 0.25) is 5.78 Å². The zero-order valence-corrected chi connectivity index (χ0v) is 25.0. The molecule has 2 aromatic rings. The van der Waals surface area contributed by atoms with Crippen LogP contribution in [-0.2, 0) is 20.8 Å². The van der Waals surface area contributed by atoms with Gasteiger partial charge in [0.05, 0.1) is 5.56 Å². The molecule has 4 atom stereocenters. The number of nitrogens with one attached hydrogen (secondary N) is 1. The van der Waals surface area contributed by atoms with Crippen LogP contribution in [-0.4, -0.2) is 81.5 Å². The first-order valence-electron chi connectivity index (χ1n) is 14.6. The zero-order chi connectivity index (χ0) is 32.2. The molecule has 11 nitrogen and oxygen atoms in total. The highest BCUT2D eigenvalue weighted by atomic mass is 16.3. The van der Waals surface area contributed by atoms with E-state index in [1.54, 1.807) is 44.2 Å². The summed E-state index contributed by atoms with van der Waals surface area (Å²) in [5.74, 6) is -8.34. The number of nitrogens with zero attached hydrogens (tertiary/aromatic N) is 1. The SMILES string of the molecule is CC(C)[C@@H]1C(=O)C(C(N)=O)=C(O)[C@@]2(O)C(=O)C3=C(O)c4c(O)ccc(-c5ccc(C(=O)NCCN(C)C)cc5)c4C[C@H]3C[C@@H]12. The number of aromatic hydroxyl groups is 1. The van der Waals surface area contributed by atoms with Crippen LogP contribution in [0, 0.1) is 23.7 Å². The highest BCUT2D eigenvalue weighted by Crippen LogP contribution is 2.55. The Morgan fingerprint density at radius 1 is 1.07 bits per heavy atom. The summed E-state index contributed by atoms with van der Waals surface area (Å²) in [5.41, 5.74) is 4.13. The molecule has 2 amide bonds. The van der Waals surface area contributed by atoms with Crippen molar-refractivity contribution in [2.45, 2.75) is 32.3 Å². The Bertz CT molecular complexity index is 1640. The minimum absolute atomic E-state index is 0.0144. The maximum absolute atomic E-state index is 14.0. The van der Waals surface area contributed by atoms with E-state index in [-0.39, 0.29) is 35.6 Å². The largest absolute Gasteiger partial charge is 0.508 e. The highest BCUT2D eigenvalue weighted by Gasteiger charge is 2.64. The van der Waals surface area contributed by atoms with E-state index in [4.69, 9.17) is 5.73 Å². The highest BCUT2D eigenvalue weighted by molar-refractivity contribution is 6.23. The van der Waals surface area contributed by atoms with Crippen LogP contribution < -0.4 is 11.1 Å². The zero-order valence-electron chi connectivity index (χ0n) is 25.0. The van der Waals surface area contributed by atoms with Crippen molar-refractivity contribution in [1.82, 2.24) is 10.2 Å². The molecule has 7 N–H and O–H groups in total. The number of phenolic OH excluding ortho intramolecular Hbond substituents is 1. The number of Topliss-reactive ketones (excluding diaryl/α,β-unsaturated/α-hetero) is 2. The van der Waals surface area contributed by atoms with Crippen LogP contribution in [0.5, 0.6) is 5.75 Å². The topological polar surface area (TPSA) is 190 Å². The van der Waals surface area contributed by atoms with Gasteiger partial charge in [-0.05, 0) is 73.7 Å². The van der Waals surface area contributed by atoms with E-state index in [2.05, 4.69) is 5.32 Å². The lowest BCUT2D eigenvalue weighted by Crippen LogP contribution is -2.62. The number of fused-ring (bicyclic) bond motifs is 3. The number of phenols is 1. The molecule has 0 spiro atoms. The summed E-state index contributed by atoms with van der Waals surface area (Å²) >= 11 is 0. The van der Waals surface area contributed by atoms with Crippen molar-refractivity contribution in [3.8, 4) is 16.9 Å². The first-order chi connectivity index (χ1) is 20.7. The van der Waals surface area contributed by atoms with Gasteiger partial charge >= 0.3 is 0 Å². The molecule has 1 saturated carbocycles. The maximum Gasteiger partial charge on any atom is 0.255 e. The lowest BCUT2D eigenvalue weighted by molar-refractivity contribution is -0.155. The van der Waals surface area contributed by atoms with Crippen molar-refractivity contribution < 1.29 is 39.6 Å². The van der Waals surface area contributed by atoms with Crippen LogP contribution in [0.4, 0.5) is 0 Å². The first-order valence-corrected chi connectivity index (χ1v) is 14.6. The Kier molecular flexibility index (Phi) is 7.89. The number of aliphatic hydroxyl groups excluding tert-OH is 2. The van der Waals surface area contributed by atoms with Gasteiger partial charge in [0.25, 0.3) is 11.8 Å². The molecule has 0 saturated heterocycles. The third kappa shape index (κ3) is 4.76. The number of primary amides is 1. The number of ketones is 2. The monoisotopic (exact) mass is 603 g/mol. The third-order valence-corrected chi connectivity index (χ3v) is 9.16. The molecule has 3 aliphatic carbocycles. The second-order valence-corrected chi connectivity index (χ2v) is 12.4. The second kappa shape index (κ2) is 11.2. The van der Waals surface area contributed by atoms with Gasteiger partial charge in [-0.25, -0.2) is 0 Å². The van der Waals surface area contributed by atoms with Crippen molar-refractivity contribution in [3.63, 3.8) is 0 Å². The van der Waals surface area contributed by atoms with Crippen LogP contribution in [0.1, 0.15) is 41.8 Å². The maximum atomic E-state index is 14.0. The van der Waals surface area contributed by atoms with E-state index < -0.39 is 63.8 Å². The molecule has 11 heteroatoms. The van der Waals surface area contributed by atoms with Crippen LogP contribution in [0.15, 0.2) is 53.3 Å². The average Bonchev–Trinajstić information content (AvgIpc) is 2.94. The van der Waals surface area contributed by atoms with Crippen LogP contribution in [0.25, 0.3) is 16.9 Å². The van der Waals surface area contributed by atoms with Crippen molar-refractivity contribution >= 4 is 29.1 Å². The van der Waals surface area contributed by atoms with Crippen molar-refractivity contribution in [1.29, 1.82) is 0 Å². The molecular weight excluding hydrogens is 566 g/mol. The Morgan fingerprint density at radius 2 is 1.73 bits per heavy atom. The molecule has 1 fully saturated rings. The number of benzene rings is 2. The summed E-state index contributed by atoms with van der Waals surface area (Å²) < 4.78 is 0. The molecule has 0 heterocycles. The predicted molar refractivity (Wildman–Crippen MR) is 161 cm³/mol. The molecule has 0 unspecified atom stereocenters. The third-order valence-electron chi connectivity index (χ3n) is 9.16. The Hall–Kier alpha value is -4.48. The van der Waals surface area contributed by atoms with E-state index in [0.29, 0.717) is 35.3 Å². The number of carbonyl (C=O) groups is 4. The number of hydrogen-bond acceptors (Lipinski definition) is 9. The minimum Gasteiger partial charge on any atom is -0.508 e. The molecule has 5 rings (SSSR count). The molecule has 232 valence electrons. The van der Waals surface area contributed by atoms with Gasteiger partial charge in [0.1, 0.15) is 22.8 Å². The summed E-state index contributed by atoms with van der Waals surface area (Å²) in [7, 11) is 3.83. The summed E-state index contributed by atoms with van der Waals surface area (Å²) in [4.78, 5) is 54.0. The molecule has 0 bridgehead atoms. The number of hydrogen-bond donors (Lipinski definition) is 6. The smallest absolute Gasteiger partial charge is 0.255 e. The number of amides is 2. The number of likely N-dealkylation sites (N-methyl/N-ethyl adjacent to an activating group) is 1. The Morgan fingerprint density at radius 3 is 2.32 bits per heavy atom. The Labute approximate surface area is 254 Å². The summed E-state index contributed by atoms with van der Waals surface area (Å²) in [5, 5.41) is 48.0. The summed E-state index contributed by atoms with van der Waals surface area (Å²) in [6, 6.07) is 9.96. The lowest BCUT2D eigenvalue weighted by atomic mass is 9.54. The number of aliphatic hydroxyl groups is 3. The Balaban J connectivity index is 1.58. The first kappa shape index (κ1) is 31.0. The molecule has 0 aromatic heterocycles. The number of carbonyl (C=O) groups excluding carboxylic acids is 4.